The highest BCUT2D eigenvalue weighted by Gasteiger charge is 2.13. The zero-order valence-electron chi connectivity index (χ0n) is 8.21. The van der Waals surface area contributed by atoms with Gasteiger partial charge in [0.1, 0.15) is 0 Å². The lowest BCUT2D eigenvalue weighted by atomic mass is 9.97. The van der Waals surface area contributed by atoms with Crippen molar-refractivity contribution in [3.05, 3.63) is 35.4 Å². The van der Waals surface area contributed by atoms with E-state index in [2.05, 4.69) is 35.7 Å². The van der Waals surface area contributed by atoms with E-state index in [1.165, 1.54) is 16.8 Å². The molecule has 0 saturated carbocycles. The molecule has 0 fully saturated rings. The van der Waals surface area contributed by atoms with E-state index in [1.54, 1.807) is 0 Å². The molecular weight excluding hydrogens is 190 g/mol. The highest BCUT2D eigenvalue weighted by molar-refractivity contribution is 7.80. The molecule has 0 unspecified atom stereocenters. The normalized spacial score (nSPS) is 15.4. The van der Waals surface area contributed by atoms with E-state index >= 15 is 0 Å². The van der Waals surface area contributed by atoms with Crippen LogP contribution in [0.1, 0.15) is 24.5 Å². The van der Waals surface area contributed by atoms with Crippen LogP contribution >= 0.6 is 12.2 Å². The fraction of sp³-hybridized carbons (Fsp3) is 0.250. The summed E-state index contributed by atoms with van der Waals surface area (Å²) in [6, 6.07) is 6.30. The van der Waals surface area contributed by atoms with Gasteiger partial charge >= 0.3 is 0 Å². The van der Waals surface area contributed by atoms with Crippen molar-refractivity contribution in [3.8, 4) is 0 Å². The Morgan fingerprint density at radius 3 is 3.00 bits per heavy atom. The minimum atomic E-state index is 0.954. The van der Waals surface area contributed by atoms with Crippen LogP contribution in [0.4, 0.5) is 5.69 Å². The number of nitrogens with one attached hydrogen (secondary N) is 1. The molecule has 1 heterocycles. The molecule has 1 aromatic rings. The maximum Gasteiger partial charge on any atom is 0.0800 e. The van der Waals surface area contributed by atoms with E-state index in [-0.39, 0.29) is 0 Å². The predicted molar refractivity (Wildman–Crippen MR) is 65.7 cm³/mol. The Balaban J connectivity index is 2.46. The molecule has 1 aliphatic rings. The lowest BCUT2D eigenvalue weighted by Gasteiger charge is -2.20. The molecule has 1 aliphatic heterocycles. The van der Waals surface area contributed by atoms with Gasteiger partial charge in [0.15, 0.2) is 0 Å². The van der Waals surface area contributed by atoms with Gasteiger partial charge in [0.2, 0.25) is 0 Å². The predicted octanol–water partition coefficient (Wildman–Crippen LogP) is 3.41. The molecule has 0 saturated heterocycles. The Bertz CT molecular complexity index is 393. The van der Waals surface area contributed by atoms with E-state index in [0.29, 0.717) is 0 Å². The second-order valence-corrected chi connectivity index (χ2v) is 3.91. The first kappa shape index (κ1) is 9.41. The van der Waals surface area contributed by atoms with Crippen molar-refractivity contribution in [2.24, 2.45) is 0 Å². The van der Waals surface area contributed by atoms with Crippen LogP contribution in [0, 0.1) is 0 Å². The van der Waals surface area contributed by atoms with Crippen LogP contribution in [-0.4, -0.2) is 4.99 Å². The zero-order chi connectivity index (χ0) is 9.97. The summed E-state index contributed by atoms with van der Waals surface area (Å²) < 4.78 is 0. The first-order valence-corrected chi connectivity index (χ1v) is 5.26. The van der Waals surface area contributed by atoms with E-state index in [4.69, 9.17) is 12.2 Å². The Morgan fingerprint density at radius 2 is 2.21 bits per heavy atom. The highest BCUT2D eigenvalue weighted by atomic mass is 32.1. The van der Waals surface area contributed by atoms with Crippen molar-refractivity contribution < 1.29 is 0 Å². The van der Waals surface area contributed by atoms with Crippen molar-refractivity contribution in [1.29, 1.82) is 0 Å². The van der Waals surface area contributed by atoms with Crippen LogP contribution in [0.5, 0.6) is 0 Å². The Labute approximate surface area is 89.8 Å². The summed E-state index contributed by atoms with van der Waals surface area (Å²) in [4.78, 5) is 0.954. The van der Waals surface area contributed by atoms with E-state index in [0.717, 1.165) is 17.8 Å². The van der Waals surface area contributed by atoms with Crippen molar-refractivity contribution in [3.63, 3.8) is 0 Å². The molecule has 14 heavy (non-hydrogen) atoms. The van der Waals surface area contributed by atoms with Gasteiger partial charge in [-0.25, -0.2) is 0 Å². The number of hydrogen-bond donors (Lipinski definition) is 1. The Morgan fingerprint density at radius 1 is 1.36 bits per heavy atom. The molecule has 2 rings (SSSR count). The van der Waals surface area contributed by atoms with Gasteiger partial charge in [-0.2, -0.15) is 0 Å². The number of anilines is 1. The zero-order valence-corrected chi connectivity index (χ0v) is 9.03. The average Bonchev–Trinajstić information content (AvgIpc) is 2.18. The second kappa shape index (κ2) is 3.93. The summed E-state index contributed by atoms with van der Waals surface area (Å²) in [5, 5.41) is 3.26. The average molecular weight is 203 g/mol. The van der Waals surface area contributed by atoms with Crippen LogP contribution in [-0.2, 0) is 6.42 Å². The van der Waals surface area contributed by atoms with Crippen molar-refractivity contribution in [2.45, 2.75) is 19.8 Å². The van der Waals surface area contributed by atoms with Gasteiger partial charge < -0.3 is 5.32 Å². The number of hydrogen-bond acceptors (Lipinski definition) is 1. The second-order valence-electron chi connectivity index (χ2n) is 3.42. The van der Waals surface area contributed by atoms with Crippen molar-refractivity contribution in [1.82, 2.24) is 0 Å². The molecule has 0 radical (unpaired) electrons. The first-order valence-electron chi connectivity index (χ1n) is 4.85. The Hall–Kier alpha value is -1.15. The molecule has 1 aromatic carbocycles. The summed E-state index contributed by atoms with van der Waals surface area (Å²) in [6.45, 7) is 2.04. The standard InChI is InChI=1S/C12H13NS/c1-2-4-9-5-3-6-11-10(9)7-8-12(14)13-11/h2-6H,7-8H2,1H3,(H,13,14). The fourth-order valence-electron chi connectivity index (χ4n) is 1.79. The highest BCUT2D eigenvalue weighted by Crippen LogP contribution is 2.26. The molecular formula is C12H13NS. The van der Waals surface area contributed by atoms with Crippen molar-refractivity contribution in [2.75, 3.05) is 5.32 Å². The lowest BCUT2D eigenvalue weighted by Crippen LogP contribution is -2.17. The van der Waals surface area contributed by atoms with Crippen LogP contribution in [0.2, 0.25) is 0 Å². The van der Waals surface area contributed by atoms with Crippen LogP contribution in [0.15, 0.2) is 24.3 Å². The number of rotatable bonds is 1. The topological polar surface area (TPSA) is 12.0 Å². The number of benzene rings is 1. The third-order valence-electron chi connectivity index (χ3n) is 2.43. The molecule has 0 bridgehead atoms. The van der Waals surface area contributed by atoms with E-state index in [1.807, 2.05) is 6.92 Å². The molecule has 0 aromatic heterocycles. The molecule has 2 heteroatoms. The fourth-order valence-corrected chi connectivity index (χ4v) is 2.00. The smallest absolute Gasteiger partial charge is 0.0800 e. The van der Waals surface area contributed by atoms with Gasteiger partial charge in [0.05, 0.1) is 4.99 Å². The summed E-state index contributed by atoms with van der Waals surface area (Å²) >= 11 is 5.16. The third-order valence-corrected chi connectivity index (χ3v) is 2.74. The Kier molecular flexibility index (Phi) is 2.64. The third kappa shape index (κ3) is 1.70. The molecule has 0 amide bonds. The van der Waals surface area contributed by atoms with E-state index < -0.39 is 0 Å². The van der Waals surface area contributed by atoms with Crippen LogP contribution in [0.3, 0.4) is 0 Å². The van der Waals surface area contributed by atoms with Gasteiger partial charge in [-0.3, -0.25) is 0 Å². The van der Waals surface area contributed by atoms with Gasteiger partial charge in [-0.05, 0) is 30.5 Å². The maximum atomic E-state index is 5.16. The molecule has 0 spiro atoms. The van der Waals surface area contributed by atoms with Gasteiger partial charge in [-0.15, -0.1) is 0 Å². The van der Waals surface area contributed by atoms with Crippen molar-refractivity contribution >= 4 is 29.0 Å². The largest absolute Gasteiger partial charge is 0.350 e. The minimum Gasteiger partial charge on any atom is -0.350 e. The first-order chi connectivity index (χ1) is 6.81. The molecule has 0 aliphatic carbocycles. The maximum absolute atomic E-state index is 5.16. The molecule has 1 N–H and O–H groups in total. The van der Waals surface area contributed by atoms with Gasteiger partial charge in [-0.1, -0.05) is 36.5 Å². The van der Waals surface area contributed by atoms with Gasteiger partial charge in [0.25, 0.3) is 0 Å². The quantitative estimate of drug-likeness (QED) is 0.702. The molecule has 72 valence electrons. The number of thiocarbonyl (C=S) groups is 1. The SMILES string of the molecule is CC=Cc1cccc2c1CCC(=S)N2. The van der Waals surface area contributed by atoms with E-state index in [9.17, 15) is 0 Å². The summed E-state index contributed by atoms with van der Waals surface area (Å²) in [5.74, 6) is 0. The monoisotopic (exact) mass is 203 g/mol. The lowest BCUT2D eigenvalue weighted by molar-refractivity contribution is 1.02. The molecule has 0 atom stereocenters. The summed E-state index contributed by atoms with van der Waals surface area (Å²) in [6.07, 6.45) is 6.25. The van der Waals surface area contributed by atoms with Crippen LogP contribution in [0.25, 0.3) is 6.08 Å². The number of allylic oxidation sites excluding steroid dienone is 1. The van der Waals surface area contributed by atoms with Gasteiger partial charge in [0, 0.05) is 12.1 Å². The number of fused-ring (bicyclic) bond motifs is 1. The van der Waals surface area contributed by atoms with Crippen LogP contribution < -0.4 is 5.32 Å². The minimum absolute atomic E-state index is 0.954. The summed E-state index contributed by atoms with van der Waals surface area (Å²) in [5.41, 5.74) is 3.87. The summed E-state index contributed by atoms with van der Waals surface area (Å²) in [7, 11) is 0. The molecule has 1 nitrogen and oxygen atoms in total.